The standard InChI is InChI=1S/C30H27FN4O5S/c1-18(36)35-16-21(17-35)11-22(37)10-19-3-5-26(23(31)12-19)40-27-6-7-32-25-13-28(41-29(25)27)24-4-2-20(14-33-24)15-34-8-9-39-30(34)38/h2-7,12-14,21H,8-11,15-17H2,1H3. The van der Waals surface area contributed by atoms with Gasteiger partial charge in [0.1, 0.15) is 18.1 Å². The Morgan fingerprint density at radius 3 is 2.63 bits per heavy atom. The maximum atomic E-state index is 15.0. The molecule has 4 aromatic rings. The molecule has 0 N–H and O–H groups in total. The summed E-state index contributed by atoms with van der Waals surface area (Å²) in [7, 11) is 0. The Kier molecular flexibility index (Phi) is 7.36. The lowest BCUT2D eigenvalue weighted by atomic mass is 9.92. The van der Waals surface area contributed by atoms with E-state index in [1.165, 1.54) is 30.4 Å². The molecule has 2 fully saturated rings. The second-order valence-corrected chi connectivity index (χ2v) is 11.4. The molecule has 0 unspecified atom stereocenters. The maximum Gasteiger partial charge on any atom is 0.410 e. The van der Waals surface area contributed by atoms with Crippen molar-refractivity contribution in [2.24, 2.45) is 5.92 Å². The molecule has 0 atom stereocenters. The van der Waals surface area contributed by atoms with Crippen LogP contribution in [0.1, 0.15) is 24.5 Å². The van der Waals surface area contributed by atoms with Crippen molar-refractivity contribution >= 4 is 39.3 Å². The molecule has 2 aliphatic heterocycles. The van der Waals surface area contributed by atoms with E-state index in [1.807, 2.05) is 18.2 Å². The van der Waals surface area contributed by atoms with Crippen molar-refractivity contribution < 1.29 is 28.2 Å². The Hall–Kier alpha value is -4.38. The molecule has 6 rings (SSSR count). The summed E-state index contributed by atoms with van der Waals surface area (Å²) in [4.78, 5) is 48.7. The zero-order chi connectivity index (χ0) is 28.5. The number of ketones is 1. The Morgan fingerprint density at radius 1 is 1.10 bits per heavy atom. The molecule has 0 radical (unpaired) electrons. The van der Waals surface area contributed by atoms with E-state index < -0.39 is 5.82 Å². The zero-order valence-corrected chi connectivity index (χ0v) is 23.2. The summed E-state index contributed by atoms with van der Waals surface area (Å²) < 4.78 is 26.7. The van der Waals surface area contributed by atoms with Crippen molar-refractivity contribution in [1.82, 2.24) is 19.8 Å². The van der Waals surface area contributed by atoms with E-state index in [0.717, 1.165) is 20.8 Å². The molecule has 3 aromatic heterocycles. The number of carbonyl (C=O) groups excluding carboxylic acids is 3. The van der Waals surface area contributed by atoms with E-state index >= 15 is 4.39 Å². The van der Waals surface area contributed by atoms with Crippen molar-refractivity contribution in [2.75, 3.05) is 26.2 Å². The second-order valence-electron chi connectivity index (χ2n) is 10.3. The summed E-state index contributed by atoms with van der Waals surface area (Å²) in [6.07, 6.45) is 3.55. The second kappa shape index (κ2) is 11.2. The summed E-state index contributed by atoms with van der Waals surface area (Å²) in [5.74, 6) is 0.190. The van der Waals surface area contributed by atoms with Gasteiger partial charge in [-0.2, -0.15) is 0 Å². The SMILES string of the molecule is CC(=O)N1CC(CC(=O)Cc2ccc(Oc3ccnc4cc(-c5ccc(CN6CCOC6=O)cn5)sc34)c(F)c2)C1. The summed E-state index contributed by atoms with van der Waals surface area (Å²) in [6.45, 7) is 4.14. The van der Waals surface area contributed by atoms with Gasteiger partial charge < -0.3 is 19.3 Å². The molecule has 210 valence electrons. The first-order valence-corrected chi connectivity index (χ1v) is 14.1. The number of fused-ring (bicyclic) bond motifs is 1. The first-order chi connectivity index (χ1) is 19.8. The minimum atomic E-state index is -0.553. The molecule has 0 saturated carbocycles. The number of amides is 2. The van der Waals surface area contributed by atoms with E-state index in [-0.39, 0.29) is 35.9 Å². The van der Waals surface area contributed by atoms with Crippen molar-refractivity contribution in [3.05, 3.63) is 71.8 Å². The summed E-state index contributed by atoms with van der Waals surface area (Å²) in [5, 5.41) is 0. The molecular formula is C30H27FN4O5S. The molecule has 0 aliphatic carbocycles. The van der Waals surface area contributed by atoms with Crippen LogP contribution in [0.25, 0.3) is 20.8 Å². The number of ether oxygens (including phenoxy) is 2. The number of hydrogen-bond donors (Lipinski definition) is 0. The van der Waals surface area contributed by atoms with E-state index in [9.17, 15) is 14.4 Å². The Balaban J connectivity index is 1.12. The minimum absolute atomic E-state index is 0.0196. The van der Waals surface area contributed by atoms with Crippen molar-refractivity contribution in [3.63, 3.8) is 0 Å². The molecule has 1 aromatic carbocycles. The average Bonchev–Trinajstić information content (AvgIpc) is 3.54. The molecule has 11 heteroatoms. The van der Waals surface area contributed by atoms with Crippen LogP contribution in [0.3, 0.4) is 0 Å². The smallest absolute Gasteiger partial charge is 0.410 e. The monoisotopic (exact) mass is 574 g/mol. The van der Waals surface area contributed by atoms with Crippen LogP contribution in [0.2, 0.25) is 0 Å². The quantitative estimate of drug-likeness (QED) is 0.270. The van der Waals surface area contributed by atoms with Gasteiger partial charge in [0.2, 0.25) is 5.91 Å². The lowest BCUT2D eigenvalue weighted by Crippen LogP contribution is -2.49. The number of halogens is 1. The lowest BCUT2D eigenvalue weighted by Gasteiger charge is -2.38. The number of pyridine rings is 2. The number of rotatable bonds is 9. The number of cyclic esters (lactones) is 1. The van der Waals surface area contributed by atoms with Gasteiger partial charge in [0, 0.05) is 57.2 Å². The van der Waals surface area contributed by atoms with Crippen molar-refractivity contribution in [1.29, 1.82) is 0 Å². The van der Waals surface area contributed by atoms with Gasteiger partial charge in [-0.15, -0.1) is 11.3 Å². The van der Waals surface area contributed by atoms with E-state index in [2.05, 4.69) is 9.97 Å². The highest BCUT2D eigenvalue weighted by Gasteiger charge is 2.30. The van der Waals surface area contributed by atoms with Crippen LogP contribution in [0.15, 0.2) is 54.9 Å². The molecular weight excluding hydrogens is 547 g/mol. The maximum absolute atomic E-state index is 15.0. The third-order valence-corrected chi connectivity index (χ3v) is 8.37. The largest absolute Gasteiger partial charge is 0.453 e. The fourth-order valence-corrected chi connectivity index (χ4v) is 6.05. The highest BCUT2D eigenvalue weighted by molar-refractivity contribution is 7.22. The number of aromatic nitrogens is 2. The fourth-order valence-electron chi connectivity index (χ4n) is 5.01. The summed E-state index contributed by atoms with van der Waals surface area (Å²) in [5.41, 5.74) is 2.94. The summed E-state index contributed by atoms with van der Waals surface area (Å²) in [6, 6.07) is 12.0. The van der Waals surface area contributed by atoms with Crippen LogP contribution < -0.4 is 4.74 Å². The zero-order valence-electron chi connectivity index (χ0n) is 22.3. The third-order valence-electron chi connectivity index (χ3n) is 7.21. The van der Waals surface area contributed by atoms with Gasteiger partial charge in [0.25, 0.3) is 0 Å². The highest BCUT2D eigenvalue weighted by Crippen LogP contribution is 2.39. The number of thiophene rings is 1. The normalized spacial score (nSPS) is 15.2. The number of nitrogens with zero attached hydrogens (tertiary/aromatic N) is 4. The van der Waals surface area contributed by atoms with Crippen LogP contribution in [0, 0.1) is 11.7 Å². The highest BCUT2D eigenvalue weighted by atomic mass is 32.1. The van der Waals surface area contributed by atoms with E-state index in [4.69, 9.17) is 9.47 Å². The van der Waals surface area contributed by atoms with Crippen molar-refractivity contribution in [3.8, 4) is 22.1 Å². The molecule has 9 nitrogen and oxygen atoms in total. The van der Waals surface area contributed by atoms with Crippen LogP contribution in [-0.4, -0.2) is 63.8 Å². The van der Waals surface area contributed by atoms with Crippen LogP contribution in [-0.2, 0) is 27.3 Å². The topological polar surface area (TPSA) is 102 Å². The number of benzene rings is 1. The molecule has 2 amide bonds. The summed E-state index contributed by atoms with van der Waals surface area (Å²) >= 11 is 1.44. The Labute approximate surface area is 239 Å². The Morgan fingerprint density at radius 2 is 1.93 bits per heavy atom. The lowest BCUT2D eigenvalue weighted by molar-refractivity contribution is -0.137. The van der Waals surface area contributed by atoms with Gasteiger partial charge in [-0.05, 0) is 35.4 Å². The number of Topliss-reactive ketones (excluding diaryl/α,β-unsaturated/α-hetero) is 1. The number of likely N-dealkylation sites (tertiary alicyclic amines) is 1. The predicted octanol–water partition coefficient (Wildman–Crippen LogP) is 5.22. The van der Waals surface area contributed by atoms with Gasteiger partial charge in [0.05, 0.1) is 33.9 Å². The van der Waals surface area contributed by atoms with Crippen molar-refractivity contribution in [2.45, 2.75) is 26.3 Å². The third kappa shape index (κ3) is 5.90. The average molecular weight is 575 g/mol. The molecule has 2 saturated heterocycles. The number of carbonyl (C=O) groups is 3. The van der Waals surface area contributed by atoms with Crippen LogP contribution in [0.4, 0.5) is 9.18 Å². The first kappa shape index (κ1) is 26.8. The molecule has 0 spiro atoms. The van der Waals surface area contributed by atoms with Gasteiger partial charge in [-0.1, -0.05) is 12.1 Å². The van der Waals surface area contributed by atoms with Gasteiger partial charge >= 0.3 is 6.09 Å². The van der Waals surface area contributed by atoms with E-state index in [1.54, 1.807) is 34.3 Å². The molecule has 41 heavy (non-hydrogen) atoms. The van der Waals surface area contributed by atoms with E-state index in [0.29, 0.717) is 56.0 Å². The molecule has 0 bridgehead atoms. The van der Waals surface area contributed by atoms with Gasteiger partial charge in [-0.25, -0.2) is 9.18 Å². The van der Waals surface area contributed by atoms with Gasteiger partial charge in [-0.3, -0.25) is 19.6 Å². The van der Waals surface area contributed by atoms with Crippen LogP contribution >= 0.6 is 11.3 Å². The van der Waals surface area contributed by atoms with Crippen LogP contribution in [0.5, 0.6) is 11.5 Å². The number of hydrogen-bond acceptors (Lipinski definition) is 8. The van der Waals surface area contributed by atoms with Gasteiger partial charge in [0.15, 0.2) is 11.6 Å². The first-order valence-electron chi connectivity index (χ1n) is 13.3. The molecule has 2 aliphatic rings. The Bertz CT molecular complexity index is 1630. The predicted molar refractivity (Wildman–Crippen MR) is 150 cm³/mol. The molecule has 5 heterocycles. The minimum Gasteiger partial charge on any atom is -0.453 e. The fraction of sp³-hybridized carbons (Fsp3) is 0.300.